The molecule has 0 aliphatic heterocycles. The third kappa shape index (κ3) is 4.47. The first kappa shape index (κ1) is 23.0. The highest BCUT2D eigenvalue weighted by Crippen LogP contribution is 2.37. The standard InChI is InChI=1S/C22H14Cl2N6O4/c1-12(13-5-3-2-4-6-13)29-19(31)8-7-18(28-29)34-20-15(23)9-14(10-16(20)24)30-22(33)26-21(32)17(11-25)27-30/h2-10,12H,1H3,(H,26,32,33). The van der Waals surface area contributed by atoms with Gasteiger partial charge in [-0.15, -0.1) is 10.2 Å². The van der Waals surface area contributed by atoms with E-state index < -0.39 is 16.9 Å². The number of halogens is 2. The van der Waals surface area contributed by atoms with Crippen molar-refractivity contribution in [2.24, 2.45) is 0 Å². The molecule has 0 fully saturated rings. The van der Waals surface area contributed by atoms with Crippen molar-refractivity contribution in [3.8, 4) is 23.4 Å². The lowest BCUT2D eigenvalue weighted by Crippen LogP contribution is -2.33. The molecule has 0 aliphatic rings. The van der Waals surface area contributed by atoms with Gasteiger partial charge >= 0.3 is 5.69 Å². The van der Waals surface area contributed by atoms with Crippen molar-refractivity contribution in [3.63, 3.8) is 0 Å². The maximum atomic E-state index is 12.4. The number of nitriles is 1. The van der Waals surface area contributed by atoms with Crippen LogP contribution in [0.25, 0.3) is 5.69 Å². The van der Waals surface area contributed by atoms with Crippen molar-refractivity contribution in [3.05, 3.63) is 107 Å². The molecule has 12 heteroatoms. The van der Waals surface area contributed by atoms with Crippen LogP contribution in [0.2, 0.25) is 10.0 Å². The molecule has 0 saturated heterocycles. The molecule has 10 nitrogen and oxygen atoms in total. The number of nitrogens with one attached hydrogen (secondary N) is 1. The highest BCUT2D eigenvalue weighted by atomic mass is 35.5. The summed E-state index contributed by atoms with van der Waals surface area (Å²) in [5.41, 5.74) is -1.65. The van der Waals surface area contributed by atoms with Crippen LogP contribution in [0.4, 0.5) is 0 Å². The van der Waals surface area contributed by atoms with E-state index in [0.717, 1.165) is 10.2 Å². The van der Waals surface area contributed by atoms with E-state index in [1.54, 1.807) is 6.07 Å². The van der Waals surface area contributed by atoms with Crippen molar-refractivity contribution >= 4 is 23.2 Å². The number of nitrogens with zero attached hydrogens (tertiary/aromatic N) is 5. The molecule has 1 atom stereocenters. The summed E-state index contributed by atoms with van der Waals surface area (Å²) in [6.07, 6.45) is 0. The molecular formula is C22H14Cl2N6O4. The van der Waals surface area contributed by atoms with Crippen LogP contribution in [0.15, 0.2) is 69.0 Å². The lowest BCUT2D eigenvalue weighted by molar-refractivity contribution is 0.419. The summed E-state index contributed by atoms with van der Waals surface area (Å²) >= 11 is 12.7. The predicted octanol–water partition coefficient (Wildman–Crippen LogP) is 3.06. The van der Waals surface area contributed by atoms with E-state index in [0.29, 0.717) is 0 Å². The van der Waals surface area contributed by atoms with E-state index >= 15 is 0 Å². The number of hydrogen-bond acceptors (Lipinski definition) is 7. The Morgan fingerprint density at radius 3 is 2.35 bits per heavy atom. The first-order valence-corrected chi connectivity index (χ1v) is 10.5. The molecule has 4 aromatic rings. The van der Waals surface area contributed by atoms with Gasteiger partial charge in [-0.3, -0.25) is 14.6 Å². The minimum atomic E-state index is -0.910. The Labute approximate surface area is 201 Å². The molecule has 170 valence electrons. The number of aromatic amines is 1. The summed E-state index contributed by atoms with van der Waals surface area (Å²) in [5.74, 6) is 0.0835. The van der Waals surface area contributed by atoms with Crippen LogP contribution in [-0.4, -0.2) is 24.5 Å². The molecule has 1 N–H and O–H groups in total. The maximum absolute atomic E-state index is 12.4. The van der Waals surface area contributed by atoms with E-state index in [1.165, 1.54) is 28.9 Å². The Morgan fingerprint density at radius 2 is 1.71 bits per heavy atom. The van der Waals surface area contributed by atoms with Gasteiger partial charge in [-0.1, -0.05) is 53.5 Å². The molecule has 0 saturated carbocycles. The second-order valence-corrected chi connectivity index (χ2v) is 7.83. The monoisotopic (exact) mass is 496 g/mol. The predicted molar refractivity (Wildman–Crippen MR) is 124 cm³/mol. The van der Waals surface area contributed by atoms with Gasteiger partial charge in [0.15, 0.2) is 5.75 Å². The Hall–Kier alpha value is -4.20. The topological polar surface area (TPSA) is 136 Å². The van der Waals surface area contributed by atoms with E-state index in [-0.39, 0.29) is 39.0 Å². The average Bonchev–Trinajstić information content (AvgIpc) is 2.82. The molecule has 1 unspecified atom stereocenters. The van der Waals surface area contributed by atoms with Crippen molar-refractivity contribution in [1.82, 2.24) is 24.5 Å². The molecule has 0 bridgehead atoms. The largest absolute Gasteiger partial charge is 0.434 e. The van der Waals surface area contributed by atoms with Crippen LogP contribution in [0.1, 0.15) is 24.2 Å². The number of hydrogen-bond donors (Lipinski definition) is 1. The third-order valence-corrected chi connectivity index (χ3v) is 5.38. The van der Waals surface area contributed by atoms with Crippen LogP contribution < -0.4 is 21.5 Å². The van der Waals surface area contributed by atoms with Gasteiger partial charge < -0.3 is 4.74 Å². The van der Waals surface area contributed by atoms with Gasteiger partial charge in [-0.05, 0) is 24.6 Å². The zero-order chi connectivity index (χ0) is 24.4. The molecule has 0 radical (unpaired) electrons. The summed E-state index contributed by atoms with van der Waals surface area (Å²) in [6.45, 7) is 1.83. The first-order chi connectivity index (χ1) is 16.3. The van der Waals surface area contributed by atoms with Crippen molar-refractivity contribution in [2.45, 2.75) is 13.0 Å². The summed E-state index contributed by atoms with van der Waals surface area (Å²) in [6, 6.07) is 15.9. The second-order valence-electron chi connectivity index (χ2n) is 7.01. The Balaban J connectivity index is 1.70. The zero-order valence-corrected chi connectivity index (χ0v) is 18.9. The van der Waals surface area contributed by atoms with E-state index in [1.807, 2.05) is 42.2 Å². The quantitative estimate of drug-likeness (QED) is 0.448. The van der Waals surface area contributed by atoms with Crippen LogP contribution in [-0.2, 0) is 0 Å². The van der Waals surface area contributed by atoms with Gasteiger partial charge in [0.1, 0.15) is 6.07 Å². The maximum Gasteiger partial charge on any atom is 0.349 e. The van der Waals surface area contributed by atoms with Crippen LogP contribution >= 0.6 is 23.2 Å². The van der Waals surface area contributed by atoms with E-state index in [9.17, 15) is 14.4 Å². The third-order valence-electron chi connectivity index (χ3n) is 4.82. The number of benzene rings is 2. The van der Waals surface area contributed by atoms with Gasteiger partial charge in [0.25, 0.3) is 11.1 Å². The Morgan fingerprint density at radius 1 is 1.03 bits per heavy atom. The normalized spacial score (nSPS) is 11.6. The van der Waals surface area contributed by atoms with Crippen LogP contribution in [0.5, 0.6) is 11.6 Å². The molecule has 2 aromatic carbocycles. The Kier molecular flexibility index (Phi) is 6.32. The highest BCUT2D eigenvalue weighted by Gasteiger charge is 2.17. The minimum Gasteiger partial charge on any atom is -0.434 e. The van der Waals surface area contributed by atoms with Crippen molar-refractivity contribution < 1.29 is 4.74 Å². The summed E-state index contributed by atoms with van der Waals surface area (Å²) in [5, 5.41) is 17.0. The van der Waals surface area contributed by atoms with E-state index in [2.05, 4.69) is 10.2 Å². The molecule has 0 spiro atoms. The van der Waals surface area contributed by atoms with Gasteiger partial charge in [0.2, 0.25) is 11.6 Å². The number of ether oxygens (including phenoxy) is 1. The fourth-order valence-electron chi connectivity index (χ4n) is 3.13. The minimum absolute atomic E-state index is 0.00318. The smallest absolute Gasteiger partial charge is 0.349 e. The summed E-state index contributed by atoms with van der Waals surface area (Å²) in [4.78, 5) is 38.1. The van der Waals surface area contributed by atoms with Crippen molar-refractivity contribution in [1.29, 1.82) is 5.26 Å². The molecule has 0 aliphatic carbocycles. The van der Waals surface area contributed by atoms with Crippen molar-refractivity contribution in [2.75, 3.05) is 0 Å². The van der Waals surface area contributed by atoms with E-state index in [4.69, 9.17) is 33.2 Å². The van der Waals surface area contributed by atoms with Crippen LogP contribution in [0, 0.1) is 11.3 Å². The molecular weight excluding hydrogens is 483 g/mol. The SMILES string of the molecule is CC(c1ccccc1)n1nc(Oc2c(Cl)cc(-n3nc(C#N)c(=O)[nH]c3=O)cc2Cl)ccc1=O. The number of H-pyrrole nitrogens is 1. The Bertz CT molecular complexity index is 1580. The van der Waals surface area contributed by atoms with Gasteiger partial charge in [-0.25, -0.2) is 9.48 Å². The summed E-state index contributed by atoms with van der Waals surface area (Å²) in [7, 11) is 0. The molecule has 0 amide bonds. The summed E-state index contributed by atoms with van der Waals surface area (Å²) < 4.78 is 7.81. The molecule has 4 rings (SSSR count). The first-order valence-electron chi connectivity index (χ1n) is 9.74. The lowest BCUT2D eigenvalue weighted by Gasteiger charge is -2.16. The molecule has 2 aromatic heterocycles. The van der Waals surface area contributed by atoms with Gasteiger partial charge in [-0.2, -0.15) is 9.94 Å². The number of rotatable bonds is 5. The fraction of sp³-hybridized carbons (Fsp3) is 0.0909. The fourth-order valence-corrected chi connectivity index (χ4v) is 3.68. The number of aromatic nitrogens is 5. The lowest BCUT2D eigenvalue weighted by atomic mass is 10.1. The van der Waals surface area contributed by atoms with Gasteiger partial charge in [0, 0.05) is 12.1 Å². The zero-order valence-electron chi connectivity index (χ0n) is 17.4. The van der Waals surface area contributed by atoms with Gasteiger partial charge in [0.05, 0.1) is 21.8 Å². The second kappa shape index (κ2) is 9.35. The molecule has 34 heavy (non-hydrogen) atoms. The average molecular weight is 497 g/mol. The highest BCUT2D eigenvalue weighted by molar-refractivity contribution is 6.37. The molecule has 2 heterocycles. The van der Waals surface area contributed by atoms with Crippen LogP contribution in [0.3, 0.4) is 0 Å².